The highest BCUT2D eigenvalue weighted by Gasteiger charge is 2.38. The van der Waals surface area contributed by atoms with Gasteiger partial charge in [-0.05, 0) is 25.0 Å². The minimum Gasteiger partial charge on any atom is -0.481 e. The van der Waals surface area contributed by atoms with E-state index in [1.54, 1.807) is 0 Å². The minimum absolute atomic E-state index is 0.00240. The number of hydrogen-bond acceptors (Lipinski definition) is 4. The smallest absolute Gasteiger partial charge is 0.339 e. The lowest BCUT2D eigenvalue weighted by atomic mass is 9.87. The summed E-state index contributed by atoms with van der Waals surface area (Å²) in [5.41, 5.74) is 0.274. The van der Waals surface area contributed by atoms with Gasteiger partial charge >= 0.3 is 5.97 Å². The van der Waals surface area contributed by atoms with Crippen molar-refractivity contribution in [1.29, 1.82) is 0 Å². The Morgan fingerprint density at radius 3 is 2.77 bits per heavy atom. The third-order valence-corrected chi connectivity index (χ3v) is 4.62. The van der Waals surface area contributed by atoms with Crippen molar-refractivity contribution in [2.45, 2.75) is 37.9 Å². The van der Waals surface area contributed by atoms with Crippen LogP contribution in [0.3, 0.4) is 0 Å². The molecule has 0 spiro atoms. The minimum atomic E-state index is -1.14. The number of hydrogen-bond donors (Lipinski definition) is 2. The molecule has 1 fully saturated rings. The number of aromatic nitrogens is 2. The van der Waals surface area contributed by atoms with Crippen molar-refractivity contribution in [2.24, 2.45) is 0 Å². The Kier molecular flexibility index (Phi) is 5.43. The van der Waals surface area contributed by atoms with E-state index in [9.17, 15) is 18.7 Å². The van der Waals surface area contributed by atoms with Gasteiger partial charge in [-0.15, -0.1) is 0 Å². The zero-order valence-corrected chi connectivity index (χ0v) is 14.6. The van der Waals surface area contributed by atoms with Gasteiger partial charge < -0.3 is 14.6 Å². The van der Waals surface area contributed by atoms with Crippen LogP contribution in [0.15, 0.2) is 18.3 Å². The molecule has 0 radical (unpaired) electrons. The number of nitrogens with one attached hydrogen (secondary N) is 1. The molecule has 6 nitrogen and oxygen atoms in total. The third kappa shape index (κ3) is 3.66. The molecule has 1 saturated heterocycles. The molecule has 0 aliphatic carbocycles. The molecular weight excluding hydrogens is 370 g/mol. The Morgan fingerprint density at radius 2 is 2.15 bits per heavy atom. The number of H-pyrrole nitrogens is 1. The molecule has 3 atom stereocenters. The first-order valence-electron chi connectivity index (χ1n) is 8.10. The highest BCUT2D eigenvalue weighted by molar-refractivity contribution is 6.30. The summed E-state index contributed by atoms with van der Waals surface area (Å²) < 4.78 is 39.4. The molecule has 1 aliphatic rings. The highest BCUT2D eigenvalue weighted by atomic mass is 35.5. The van der Waals surface area contributed by atoms with Crippen LogP contribution in [-0.2, 0) is 4.74 Å². The Morgan fingerprint density at radius 1 is 1.46 bits per heavy atom. The van der Waals surface area contributed by atoms with Crippen molar-refractivity contribution in [3.05, 3.63) is 46.2 Å². The molecule has 0 amide bonds. The van der Waals surface area contributed by atoms with Crippen molar-refractivity contribution in [1.82, 2.24) is 10.2 Å². The van der Waals surface area contributed by atoms with E-state index >= 15 is 0 Å². The summed E-state index contributed by atoms with van der Waals surface area (Å²) in [7, 11) is 0. The molecular formula is C17H17ClF2N2O4. The van der Waals surface area contributed by atoms with E-state index < -0.39 is 35.4 Å². The van der Waals surface area contributed by atoms with E-state index in [0.29, 0.717) is 12.8 Å². The fraction of sp³-hybridized carbons (Fsp3) is 0.412. The summed E-state index contributed by atoms with van der Waals surface area (Å²) >= 11 is 5.63. The van der Waals surface area contributed by atoms with Crippen LogP contribution >= 0.6 is 11.6 Å². The van der Waals surface area contributed by atoms with Gasteiger partial charge in [-0.1, -0.05) is 18.5 Å². The lowest BCUT2D eigenvalue weighted by Gasteiger charge is -2.35. The Hall–Kier alpha value is -2.19. The van der Waals surface area contributed by atoms with Gasteiger partial charge in [-0.3, -0.25) is 5.10 Å². The van der Waals surface area contributed by atoms with Crippen LogP contribution in [0, 0.1) is 11.6 Å². The topological polar surface area (TPSA) is 84.4 Å². The second kappa shape index (κ2) is 7.59. The number of ether oxygens (including phenoxy) is 2. The Bertz CT molecular complexity index is 791. The summed E-state index contributed by atoms with van der Waals surface area (Å²) in [6, 6.07) is 1.90. The second-order valence-electron chi connectivity index (χ2n) is 6.05. The number of nitrogens with zero attached hydrogens (tertiary/aromatic N) is 1. The van der Waals surface area contributed by atoms with Gasteiger partial charge in [0.1, 0.15) is 11.7 Å². The van der Waals surface area contributed by atoms with Gasteiger partial charge in [0.15, 0.2) is 17.4 Å². The molecule has 2 N–H and O–H groups in total. The fourth-order valence-electron chi connectivity index (χ4n) is 3.09. The van der Waals surface area contributed by atoms with Gasteiger partial charge in [-0.25, -0.2) is 13.6 Å². The molecule has 3 rings (SSSR count). The largest absolute Gasteiger partial charge is 0.481 e. The maximum Gasteiger partial charge on any atom is 0.339 e. The summed E-state index contributed by atoms with van der Waals surface area (Å²) in [5, 5.41) is 15.8. The van der Waals surface area contributed by atoms with Crippen LogP contribution in [0.1, 0.15) is 41.7 Å². The number of carboxylic acid groups (broad SMARTS) is 1. The predicted molar refractivity (Wildman–Crippen MR) is 88.7 cm³/mol. The maximum absolute atomic E-state index is 14.1. The first-order chi connectivity index (χ1) is 12.4. The molecule has 9 heteroatoms. The maximum atomic E-state index is 14.1. The van der Waals surface area contributed by atoms with Crippen molar-refractivity contribution >= 4 is 17.6 Å². The summed E-state index contributed by atoms with van der Waals surface area (Å²) in [6.07, 6.45) is 1.47. The van der Waals surface area contributed by atoms with Crippen LogP contribution in [-0.4, -0.2) is 40.1 Å². The van der Waals surface area contributed by atoms with Gasteiger partial charge in [-0.2, -0.15) is 5.10 Å². The van der Waals surface area contributed by atoms with Gasteiger partial charge in [0, 0.05) is 17.1 Å². The van der Waals surface area contributed by atoms with Crippen LogP contribution in [0.25, 0.3) is 0 Å². The van der Waals surface area contributed by atoms with Crippen molar-refractivity contribution < 1.29 is 28.2 Å². The molecule has 1 aliphatic heterocycles. The Balaban J connectivity index is 1.94. The molecule has 3 unspecified atom stereocenters. The fourth-order valence-corrected chi connectivity index (χ4v) is 3.28. The number of rotatable bonds is 5. The van der Waals surface area contributed by atoms with E-state index in [4.69, 9.17) is 21.1 Å². The first kappa shape index (κ1) is 18.6. The van der Waals surface area contributed by atoms with Crippen molar-refractivity contribution in [3.63, 3.8) is 0 Å². The number of carbonyl (C=O) groups is 1. The third-order valence-electron chi connectivity index (χ3n) is 4.40. The molecule has 2 aromatic rings. The monoisotopic (exact) mass is 386 g/mol. The normalized spacial score (nSPS) is 23.0. The van der Waals surface area contributed by atoms with Gasteiger partial charge in [0.25, 0.3) is 0 Å². The summed E-state index contributed by atoms with van der Waals surface area (Å²) in [5.74, 6) is -4.09. The van der Waals surface area contributed by atoms with E-state index in [2.05, 4.69) is 10.2 Å². The van der Waals surface area contributed by atoms with Crippen LogP contribution in [0.2, 0.25) is 5.02 Å². The Labute approximate surface area is 153 Å². The quantitative estimate of drug-likeness (QED) is 0.817. The number of carboxylic acids is 1. The van der Waals surface area contributed by atoms with Crippen LogP contribution < -0.4 is 4.74 Å². The van der Waals surface area contributed by atoms with Crippen molar-refractivity contribution in [2.75, 3.05) is 6.61 Å². The zero-order valence-electron chi connectivity index (χ0n) is 13.8. The summed E-state index contributed by atoms with van der Waals surface area (Å²) in [4.78, 5) is 11.4. The SMILES string of the molecule is CCC1CC(c2n[nH]cc2C(=O)O)C(Oc2c(F)cc(Cl)cc2F)CO1. The molecule has 1 aromatic heterocycles. The van der Waals surface area contributed by atoms with Crippen molar-refractivity contribution in [3.8, 4) is 5.75 Å². The van der Waals surface area contributed by atoms with E-state index in [1.807, 2.05) is 6.92 Å². The average Bonchev–Trinajstić information content (AvgIpc) is 3.08. The molecule has 140 valence electrons. The van der Waals surface area contributed by atoms with Crippen LogP contribution in [0.5, 0.6) is 5.75 Å². The van der Waals surface area contributed by atoms with E-state index in [-0.39, 0.29) is 29.0 Å². The standard InChI is InChI=1S/C17H17ClF2N2O4/c1-2-9-5-10(15-11(17(23)24)6-21-22-15)14(7-25-9)26-16-12(19)3-8(18)4-13(16)20/h3-4,6,9-10,14H,2,5,7H2,1H3,(H,21,22)(H,23,24). The van der Waals surface area contributed by atoms with Crippen LogP contribution in [0.4, 0.5) is 8.78 Å². The van der Waals surface area contributed by atoms with Gasteiger partial charge in [0.05, 0.1) is 18.4 Å². The molecule has 26 heavy (non-hydrogen) atoms. The second-order valence-corrected chi connectivity index (χ2v) is 6.49. The lowest BCUT2D eigenvalue weighted by Crippen LogP contribution is -2.40. The molecule has 0 bridgehead atoms. The number of aromatic carboxylic acids is 1. The number of benzene rings is 1. The number of aromatic amines is 1. The molecule has 2 heterocycles. The molecule has 0 saturated carbocycles. The average molecular weight is 387 g/mol. The number of halogens is 3. The van der Waals surface area contributed by atoms with E-state index in [1.165, 1.54) is 6.20 Å². The zero-order chi connectivity index (χ0) is 18.8. The predicted octanol–water partition coefficient (Wildman–Crippen LogP) is 3.77. The van der Waals surface area contributed by atoms with E-state index in [0.717, 1.165) is 12.1 Å². The lowest BCUT2D eigenvalue weighted by molar-refractivity contribution is -0.0619. The molecule has 1 aromatic carbocycles. The highest BCUT2D eigenvalue weighted by Crippen LogP contribution is 2.36. The first-order valence-corrected chi connectivity index (χ1v) is 8.48. The van der Waals surface area contributed by atoms with Gasteiger partial charge in [0.2, 0.25) is 0 Å². The summed E-state index contributed by atoms with van der Waals surface area (Å²) in [6.45, 7) is 1.99.